The summed E-state index contributed by atoms with van der Waals surface area (Å²) in [5, 5.41) is 9.23. The monoisotopic (exact) mass is 504 g/mol. The topological polar surface area (TPSA) is 106 Å². The van der Waals surface area contributed by atoms with Gasteiger partial charge in [0, 0.05) is 29.6 Å². The molecule has 0 radical (unpaired) electrons. The minimum absolute atomic E-state index is 0.0306. The SMILES string of the molecule is C=C/C=C(\C=C(/C)F)c1ccc(CC(C)=O)cc1C#N.CC.CC.Cc1ccc(/C(N)=C/C=C\N)cn1. The van der Waals surface area contributed by atoms with Crippen LogP contribution in [-0.2, 0) is 11.2 Å². The van der Waals surface area contributed by atoms with Crippen LogP contribution < -0.4 is 11.5 Å². The lowest BCUT2D eigenvalue weighted by Gasteiger charge is -2.07. The lowest BCUT2D eigenvalue weighted by Crippen LogP contribution is -1.98. The number of nitrogens with two attached hydrogens (primary N) is 2. The van der Waals surface area contributed by atoms with E-state index in [0.717, 1.165) is 16.8 Å². The minimum Gasteiger partial charge on any atom is -0.405 e. The predicted octanol–water partition coefficient (Wildman–Crippen LogP) is 7.35. The zero-order valence-electron chi connectivity index (χ0n) is 23.2. The summed E-state index contributed by atoms with van der Waals surface area (Å²) in [5.41, 5.74) is 15.9. The number of benzene rings is 1. The number of carbonyl (C=O) groups excluding carboxylic acids is 1. The van der Waals surface area contributed by atoms with Gasteiger partial charge in [-0.2, -0.15) is 5.26 Å². The number of pyridine rings is 1. The highest BCUT2D eigenvalue weighted by Gasteiger charge is 2.08. The Morgan fingerprint density at radius 3 is 2.24 bits per heavy atom. The van der Waals surface area contributed by atoms with Crippen molar-refractivity contribution in [1.82, 2.24) is 4.98 Å². The Morgan fingerprint density at radius 1 is 1.14 bits per heavy atom. The molecule has 37 heavy (non-hydrogen) atoms. The number of rotatable bonds is 7. The van der Waals surface area contributed by atoms with Crippen molar-refractivity contribution in [3.63, 3.8) is 0 Å². The van der Waals surface area contributed by atoms with Gasteiger partial charge in [-0.1, -0.05) is 58.6 Å². The van der Waals surface area contributed by atoms with E-state index >= 15 is 0 Å². The molecule has 0 fully saturated rings. The fourth-order valence-electron chi connectivity index (χ4n) is 2.78. The van der Waals surface area contributed by atoms with Crippen LogP contribution in [0.2, 0.25) is 0 Å². The van der Waals surface area contributed by atoms with Crippen LogP contribution in [0.4, 0.5) is 4.39 Å². The molecule has 2 aromatic rings. The Kier molecular flexibility index (Phi) is 19.9. The molecule has 0 aliphatic heterocycles. The second kappa shape index (κ2) is 21.1. The van der Waals surface area contributed by atoms with Gasteiger partial charge in [0.05, 0.1) is 17.5 Å². The number of hydrogen-bond acceptors (Lipinski definition) is 5. The molecule has 198 valence electrons. The second-order valence-corrected chi connectivity index (χ2v) is 7.15. The van der Waals surface area contributed by atoms with Gasteiger partial charge < -0.3 is 11.5 Å². The summed E-state index contributed by atoms with van der Waals surface area (Å²) in [4.78, 5) is 15.2. The summed E-state index contributed by atoms with van der Waals surface area (Å²) in [5.74, 6) is -0.321. The van der Waals surface area contributed by atoms with Crippen LogP contribution in [0.25, 0.3) is 11.3 Å². The normalized spacial score (nSPS) is 11.1. The van der Waals surface area contributed by atoms with Crippen LogP contribution in [0, 0.1) is 18.3 Å². The van der Waals surface area contributed by atoms with Crippen LogP contribution in [0.15, 0.2) is 85.5 Å². The third-order valence-electron chi connectivity index (χ3n) is 4.25. The average molecular weight is 505 g/mol. The van der Waals surface area contributed by atoms with E-state index in [9.17, 15) is 14.4 Å². The Balaban J connectivity index is 0. The Labute approximate surface area is 222 Å². The third kappa shape index (κ3) is 14.7. The number of aromatic nitrogens is 1. The predicted molar refractivity (Wildman–Crippen MR) is 156 cm³/mol. The fraction of sp³-hybridized carbons (Fsp3) is 0.258. The van der Waals surface area contributed by atoms with Crippen molar-refractivity contribution in [3.8, 4) is 6.07 Å². The molecule has 0 spiro atoms. The molecule has 1 heterocycles. The maximum absolute atomic E-state index is 13.1. The molecule has 2 rings (SSSR count). The van der Waals surface area contributed by atoms with E-state index in [1.807, 2.05) is 46.8 Å². The molecule has 0 saturated carbocycles. The van der Waals surface area contributed by atoms with E-state index < -0.39 is 0 Å². The molecule has 1 aromatic carbocycles. The largest absolute Gasteiger partial charge is 0.405 e. The number of nitrogens with zero attached hydrogens (tertiary/aromatic N) is 2. The van der Waals surface area contributed by atoms with E-state index in [2.05, 4.69) is 17.6 Å². The van der Waals surface area contributed by atoms with Gasteiger partial charge in [-0.15, -0.1) is 0 Å². The third-order valence-corrected chi connectivity index (χ3v) is 4.25. The molecule has 1 aromatic heterocycles. The zero-order chi connectivity index (χ0) is 28.8. The quantitative estimate of drug-likeness (QED) is 0.384. The lowest BCUT2D eigenvalue weighted by atomic mass is 9.96. The van der Waals surface area contributed by atoms with E-state index in [1.165, 1.54) is 26.1 Å². The molecule has 0 aliphatic rings. The van der Waals surface area contributed by atoms with E-state index in [4.69, 9.17) is 11.5 Å². The highest BCUT2D eigenvalue weighted by molar-refractivity contribution is 5.81. The van der Waals surface area contributed by atoms with Gasteiger partial charge in [0.25, 0.3) is 0 Å². The fourth-order valence-corrected chi connectivity index (χ4v) is 2.78. The zero-order valence-corrected chi connectivity index (χ0v) is 23.2. The molecule has 0 aliphatic carbocycles. The number of halogens is 1. The molecule has 0 amide bonds. The maximum atomic E-state index is 13.1. The Hall–Kier alpha value is -4.24. The number of carbonyl (C=O) groups is 1. The maximum Gasteiger partial charge on any atom is 0.134 e. The molecular formula is C31H41FN4O. The van der Waals surface area contributed by atoms with E-state index in [0.29, 0.717) is 22.4 Å². The van der Waals surface area contributed by atoms with Crippen molar-refractivity contribution < 1.29 is 9.18 Å². The van der Waals surface area contributed by atoms with Crippen molar-refractivity contribution >= 4 is 17.1 Å². The first-order chi connectivity index (χ1) is 17.7. The van der Waals surface area contributed by atoms with Crippen LogP contribution in [0.3, 0.4) is 0 Å². The van der Waals surface area contributed by atoms with E-state index in [-0.39, 0.29) is 18.0 Å². The van der Waals surface area contributed by atoms with Crippen molar-refractivity contribution in [1.29, 1.82) is 5.26 Å². The van der Waals surface area contributed by atoms with Crippen LogP contribution in [0.1, 0.15) is 69.5 Å². The van der Waals surface area contributed by atoms with Gasteiger partial charge in [-0.25, -0.2) is 4.39 Å². The number of aryl methyl sites for hydroxylation is 1. The summed E-state index contributed by atoms with van der Waals surface area (Å²) in [7, 11) is 0. The van der Waals surface area contributed by atoms with Crippen molar-refractivity contribution in [2.24, 2.45) is 11.5 Å². The van der Waals surface area contributed by atoms with Crippen molar-refractivity contribution in [2.45, 2.75) is 54.9 Å². The number of allylic oxidation sites excluding steroid dienone is 7. The molecule has 5 nitrogen and oxygen atoms in total. The molecule has 0 saturated heterocycles. The first kappa shape index (κ1) is 34.9. The standard InChI is InChI=1S/C17H16FNO.C10H13N3.2C2H6/c1-4-5-15(8-12(2)18)17-7-6-14(9-13(3)20)10-16(17)11-19;1-8-4-5-9(7-13-8)10(12)3-2-6-11;2*1-2/h4-8,10H,1,9H2,2-3H3;2-7H,11-12H2,1H3;2*1-2H3/b12-8+,15-5+;6-2-,10-3-;;. The smallest absolute Gasteiger partial charge is 0.134 e. The van der Waals surface area contributed by atoms with Gasteiger partial charge in [0.1, 0.15) is 5.78 Å². The molecular weight excluding hydrogens is 463 g/mol. The summed E-state index contributed by atoms with van der Waals surface area (Å²) in [6.07, 6.45) is 11.4. The highest BCUT2D eigenvalue weighted by atomic mass is 19.1. The average Bonchev–Trinajstić information content (AvgIpc) is 2.89. The summed E-state index contributed by atoms with van der Waals surface area (Å²) in [6.45, 7) is 16.4. The highest BCUT2D eigenvalue weighted by Crippen LogP contribution is 2.23. The van der Waals surface area contributed by atoms with Gasteiger partial charge in [0.15, 0.2) is 0 Å². The molecule has 4 N–H and O–H groups in total. The molecule has 0 unspecified atom stereocenters. The van der Waals surface area contributed by atoms with Crippen molar-refractivity contribution in [2.75, 3.05) is 0 Å². The van der Waals surface area contributed by atoms with Gasteiger partial charge >= 0.3 is 0 Å². The van der Waals surface area contributed by atoms with Crippen LogP contribution in [-0.4, -0.2) is 10.8 Å². The number of Topliss-reactive ketones (excluding diaryl/α,β-unsaturated/α-hetero) is 1. The van der Waals surface area contributed by atoms with Crippen LogP contribution in [0.5, 0.6) is 0 Å². The van der Waals surface area contributed by atoms with Gasteiger partial charge in [-0.05, 0) is 80.1 Å². The molecule has 0 atom stereocenters. The Bertz CT molecular complexity index is 1130. The van der Waals surface area contributed by atoms with Gasteiger partial charge in [0.2, 0.25) is 0 Å². The molecule has 0 bridgehead atoms. The number of nitriles is 1. The summed E-state index contributed by atoms with van der Waals surface area (Å²) in [6, 6.07) is 11.1. The second-order valence-electron chi connectivity index (χ2n) is 7.15. The summed E-state index contributed by atoms with van der Waals surface area (Å²) >= 11 is 0. The first-order valence-electron chi connectivity index (χ1n) is 12.2. The molecule has 6 heteroatoms. The number of ketones is 1. The van der Waals surface area contributed by atoms with Crippen LogP contribution >= 0.6 is 0 Å². The Morgan fingerprint density at radius 2 is 1.78 bits per heavy atom. The number of hydrogen-bond donors (Lipinski definition) is 2. The first-order valence-corrected chi connectivity index (χ1v) is 12.2. The van der Waals surface area contributed by atoms with E-state index in [1.54, 1.807) is 48.7 Å². The lowest BCUT2D eigenvalue weighted by molar-refractivity contribution is -0.116. The summed E-state index contributed by atoms with van der Waals surface area (Å²) < 4.78 is 13.1. The van der Waals surface area contributed by atoms with Crippen molar-refractivity contribution in [3.05, 3.63) is 113 Å². The minimum atomic E-state index is -0.352. The van der Waals surface area contributed by atoms with Gasteiger partial charge in [-0.3, -0.25) is 9.78 Å².